The molecule has 0 aliphatic heterocycles. The van der Waals surface area contributed by atoms with E-state index in [0.29, 0.717) is 18.5 Å². The number of halogens is 2. The van der Waals surface area contributed by atoms with Crippen molar-refractivity contribution in [1.29, 1.82) is 5.26 Å². The molecular weight excluding hydrogens is 485 g/mol. The van der Waals surface area contributed by atoms with E-state index >= 15 is 0 Å². The van der Waals surface area contributed by atoms with Crippen molar-refractivity contribution < 1.29 is 18.3 Å². The molecular formula is C23H27Cl2N3O4S. The molecule has 2 aromatic rings. The second-order valence-electron chi connectivity index (χ2n) is 7.77. The maximum Gasteiger partial charge on any atom is 0.407 e. The molecule has 1 saturated carbocycles. The molecule has 178 valence electrons. The van der Waals surface area contributed by atoms with Crippen molar-refractivity contribution in [2.75, 3.05) is 20.6 Å². The van der Waals surface area contributed by atoms with Crippen LogP contribution in [-0.2, 0) is 16.4 Å². The number of nitrogens with zero attached hydrogens (tertiary/aromatic N) is 3. The molecule has 1 amide bonds. The van der Waals surface area contributed by atoms with Gasteiger partial charge in [-0.05, 0) is 49.1 Å². The van der Waals surface area contributed by atoms with Gasteiger partial charge in [-0.15, -0.1) is 0 Å². The molecule has 0 unspecified atom stereocenters. The molecule has 2 aromatic carbocycles. The number of benzene rings is 2. The minimum absolute atomic E-state index is 0.0741. The lowest BCUT2D eigenvalue weighted by Crippen LogP contribution is -2.35. The van der Waals surface area contributed by atoms with Gasteiger partial charge in [0, 0.05) is 26.7 Å². The third-order valence-corrected chi connectivity index (χ3v) is 8.44. The molecule has 0 aromatic heterocycles. The minimum atomic E-state index is -3.56. The Bertz CT molecular complexity index is 1100. The summed E-state index contributed by atoms with van der Waals surface area (Å²) in [6.07, 6.45) is 3.71. The average Bonchev–Trinajstić information content (AvgIpc) is 3.34. The van der Waals surface area contributed by atoms with E-state index < -0.39 is 16.1 Å². The van der Waals surface area contributed by atoms with Crippen molar-refractivity contribution in [3.05, 3.63) is 63.6 Å². The van der Waals surface area contributed by atoms with Gasteiger partial charge >= 0.3 is 6.09 Å². The van der Waals surface area contributed by atoms with Crippen LogP contribution >= 0.6 is 23.2 Å². The molecule has 33 heavy (non-hydrogen) atoms. The van der Waals surface area contributed by atoms with Crippen LogP contribution in [0.2, 0.25) is 10.0 Å². The van der Waals surface area contributed by atoms with Gasteiger partial charge in [0.25, 0.3) is 0 Å². The minimum Gasteiger partial charge on any atom is -0.465 e. The van der Waals surface area contributed by atoms with Crippen LogP contribution in [0, 0.1) is 11.3 Å². The lowest BCUT2D eigenvalue weighted by Gasteiger charge is -2.24. The summed E-state index contributed by atoms with van der Waals surface area (Å²) in [6.45, 7) is 0.460. The van der Waals surface area contributed by atoms with Gasteiger partial charge in [-0.1, -0.05) is 54.2 Å². The zero-order chi connectivity index (χ0) is 24.6. The van der Waals surface area contributed by atoms with Gasteiger partial charge in [0.05, 0.1) is 21.7 Å². The summed E-state index contributed by atoms with van der Waals surface area (Å²) in [5.74, 6) is 0. The highest BCUT2D eigenvalue weighted by molar-refractivity contribution is 7.89. The standard InChI is InChI=1S/C12H15Cl2NO2S.C11H12N2O2/c1-15(9-5-2-3-6-9)18(16,17)11-8-4-7-10(13)12(11)14;1-13(11(14)15)7-6-9-2-4-10(8-12)5-3-9/h4,7-9H,2-3,5-6H2,1H3;2-5H,6-7H2,1H3,(H,14,15). The topological polar surface area (TPSA) is 102 Å². The molecule has 3 rings (SSSR count). The van der Waals surface area contributed by atoms with Crippen molar-refractivity contribution >= 4 is 39.3 Å². The van der Waals surface area contributed by atoms with Gasteiger partial charge in [-0.25, -0.2) is 13.2 Å². The Labute approximate surface area is 205 Å². The van der Waals surface area contributed by atoms with Crippen LogP contribution in [0.15, 0.2) is 47.4 Å². The fraction of sp³-hybridized carbons (Fsp3) is 0.391. The average molecular weight is 512 g/mol. The van der Waals surface area contributed by atoms with Gasteiger partial charge in [0.15, 0.2) is 0 Å². The highest BCUT2D eigenvalue weighted by atomic mass is 35.5. The SMILES string of the molecule is CN(C1CCCC1)S(=O)(=O)c1cccc(Cl)c1Cl.CN(CCc1ccc(C#N)cc1)C(=O)O. The van der Waals surface area contributed by atoms with Gasteiger partial charge in [-0.2, -0.15) is 9.57 Å². The van der Waals surface area contributed by atoms with E-state index in [9.17, 15) is 13.2 Å². The highest BCUT2D eigenvalue weighted by Crippen LogP contribution is 2.33. The van der Waals surface area contributed by atoms with Gasteiger partial charge in [-0.3, -0.25) is 0 Å². The summed E-state index contributed by atoms with van der Waals surface area (Å²) in [5.41, 5.74) is 1.65. The van der Waals surface area contributed by atoms with E-state index in [0.717, 1.165) is 31.2 Å². The Hall–Kier alpha value is -2.31. The quantitative estimate of drug-likeness (QED) is 0.569. The molecule has 7 nitrogen and oxygen atoms in total. The Kier molecular flexibility index (Phi) is 9.99. The van der Waals surface area contributed by atoms with E-state index in [1.165, 1.54) is 22.3 Å². The highest BCUT2D eigenvalue weighted by Gasteiger charge is 2.31. The third-order valence-electron chi connectivity index (χ3n) is 5.56. The fourth-order valence-corrected chi connectivity index (χ4v) is 5.59. The molecule has 1 N–H and O–H groups in total. The van der Waals surface area contributed by atoms with E-state index in [1.54, 1.807) is 31.3 Å². The molecule has 0 saturated heterocycles. The number of likely N-dealkylation sites (N-methyl/N-ethyl adjacent to an activating group) is 1. The third kappa shape index (κ3) is 7.34. The van der Waals surface area contributed by atoms with Crippen LogP contribution in [0.5, 0.6) is 0 Å². The number of hydrogen-bond donors (Lipinski definition) is 1. The van der Waals surface area contributed by atoms with E-state index in [2.05, 4.69) is 0 Å². The second-order valence-corrected chi connectivity index (χ2v) is 10.5. The first-order chi connectivity index (χ1) is 15.6. The Balaban J connectivity index is 0.000000238. The summed E-state index contributed by atoms with van der Waals surface area (Å²) in [4.78, 5) is 11.8. The number of carboxylic acid groups (broad SMARTS) is 1. The van der Waals surface area contributed by atoms with Crippen LogP contribution in [0.4, 0.5) is 4.79 Å². The fourth-order valence-electron chi connectivity index (χ4n) is 3.44. The Morgan fingerprint density at radius 3 is 2.27 bits per heavy atom. The van der Waals surface area contributed by atoms with Crippen LogP contribution in [0.3, 0.4) is 0 Å². The van der Waals surface area contributed by atoms with E-state index in [4.69, 9.17) is 33.6 Å². The maximum atomic E-state index is 12.5. The smallest absolute Gasteiger partial charge is 0.407 e. The van der Waals surface area contributed by atoms with Gasteiger partial charge < -0.3 is 10.0 Å². The molecule has 0 bridgehead atoms. The lowest BCUT2D eigenvalue weighted by molar-refractivity contribution is 0.156. The zero-order valence-corrected chi connectivity index (χ0v) is 20.9. The van der Waals surface area contributed by atoms with Crippen LogP contribution < -0.4 is 0 Å². The van der Waals surface area contributed by atoms with Gasteiger partial charge in [0.1, 0.15) is 4.90 Å². The first-order valence-corrected chi connectivity index (χ1v) is 12.6. The Morgan fingerprint density at radius 2 is 1.73 bits per heavy atom. The Morgan fingerprint density at radius 1 is 1.12 bits per heavy atom. The normalized spacial score (nSPS) is 13.8. The molecule has 0 atom stereocenters. The van der Waals surface area contributed by atoms with Crippen molar-refractivity contribution in [2.45, 2.75) is 43.0 Å². The van der Waals surface area contributed by atoms with Crippen LogP contribution in [0.1, 0.15) is 36.8 Å². The molecule has 1 aliphatic rings. The number of hydrogen-bond acceptors (Lipinski definition) is 4. The molecule has 10 heteroatoms. The summed E-state index contributed by atoms with van der Waals surface area (Å²) in [7, 11) is -0.411. The van der Waals surface area contributed by atoms with Crippen molar-refractivity contribution in [1.82, 2.24) is 9.21 Å². The van der Waals surface area contributed by atoms with Crippen molar-refractivity contribution in [3.8, 4) is 6.07 Å². The summed E-state index contributed by atoms with van der Waals surface area (Å²) < 4.78 is 26.4. The molecule has 1 fully saturated rings. The number of sulfonamides is 1. The summed E-state index contributed by atoms with van der Waals surface area (Å²) in [6, 6.07) is 13.9. The molecule has 1 aliphatic carbocycles. The van der Waals surface area contributed by atoms with Crippen molar-refractivity contribution in [3.63, 3.8) is 0 Å². The maximum absolute atomic E-state index is 12.5. The lowest BCUT2D eigenvalue weighted by atomic mass is 10.1. The second kappa shape index (κ2) is 12.2. The predicted octanol–water partition coefficient (Wildman–Crippen LogP) is 5.27. The predicted molar refractivity (Wildman–Crippen MR) is 129 cm³/mol. The first-order valence-electron chi connectivity index (χ1n) is 10.4. The van der Waals surface area contributed by atoms with E-state index in [-0.39, 0.29) is 21.0 Å². The zero-order valence-electron chi connectivity index (χ0n) is 18.5. The largest absolute Gasteiger partial charge is 0.465 e. The number of rotatable bonds is 6. The number of carbonyl (C=O) groups is 1. The number of amides is 1. The van der Waals surface area contributed by atoms with Crippen LogP contribution in [-0.4, -0.2) is 55.5 Å². The monoisotopic (exact) mass is 511 g/mol. The van der Waals surface area contributed by atoms with E-state index in [1.807, 2.05) is 18.2 Å². The van der Waals surface area contributed by atoms with Gasteiger partial charge in [0.2, 0.25) is 10.0 Å². The molecule has 0 heterocycles. The molecule has 0 radical (unpaired) electrons. The van der Waals surface area contributed by atoms with Crippen LogP contribution in [0.25, 0.3) is 0 Å². The number of nitriles is 1. The molecule has 0 spiro atoms. The van der Waals surface area contributed by atoms with Crippen molar-refractivity contribution in [2.24, 2.45) is 0 Å². The first kappa shape index (κ1) is 26.9. The summed E-state index contributed by atoms with van der Waals surface area (Å²) in [5, 5.41) is 17.6. The summed E-state index contributed by atoms with van der Waals surface area (Å²) >= 11 is 11.9.